The van der Waals surface area contributed by atoms with Crippen molar-refractivity contribution in [3.8, 4) is 22.8 Å². The van der Waals surface area contributed by atoms with Gasteiger partial charge in [0, 0.05) is 37.8 Å². The third-order valence-corrected chi connectivity index (χ3v) is 6.07. The maximum absolute atomic E-state index is 4.98. The summed E-state index contributed by atoms with van der Waals surface area (Å²) in [6, 6.07) is 16.9. The summed E-state index contributed by atoms with van der Waals surface area (Å²) in [6.07, 6.45) is 4.63. The van der Waals surface area contributed by atoms with Gasteiger partial charge in [0.05, 0.1) is 17.6 Å². The lowest BCUT2D eigenvalue weighted by atomic mass is 9.97. The largest absolute Gasteiger partial charge is 0.334 e. The predicted molar refractivity (Wildman–Crippen MR) is 132 cm³/mol. The number of hydrogen-bond acceptors (Lipinski definition) is 4. The van der Waals surface area contributed by atoms with Gasteiger partial charge in [0.25, 0.3) is 0 Å². The summed E-state index contributed by atoms with van der Waals surface area (Å²) in [6.45, 7) is 6.41. The number of aryl methyl sites for hydroxylation is 3. The normalized spacial score (nSPS) is 11.6. The lowest BCUT2D eigenvalue weighted by molar-refractivity contribution is 0.773. The molecule has 0 aliphatic rings. The number of imidazole rings is 1. The van der Waals surface area contributed by atoms with Gasteiger partial charge in [-0.1, -0.05) is 62.4 Å². The molecule has 0 saturated heterocycles. The molecule has 3 aromatic heterocycles. The van der Waals surface area contributed by atoms with E-state index in [9.17, 15) is 0 Å². The average molecular weight is 437 g/mol. The van der Waals surface area contributed by atoms with E-state index < -0.39 is 0 Å². The lowest BCUT2D eigenvalue weighted by Crippen LogP contribution is -1.97. The monoisotopic (exact) mass is 436 g/mol. The Morgan fingerprint density at radius 1 is 0.939 bits per heavy atom. The molecule has 0 saturated carbocycles. The van der Waals surface area contributed by atoms with Gasteiger partial charge in [0.1, 0.15) is 16.9 Å². The van der Waals surface area contributed by atoms with E-state index in [1.165, 1.54) is 11.1 Å². The van der Waals surface area contributed by atoms with Crippen LogP contribution in [0.1, 0.15) is 42.3 Å². The Balaban J connectivity index is 1.50. The number of rotatable bonds is 5. The minimum atomic E-state index is 0.398. The van der Waals surface area contributed by atoms with Gasteiger partial charge in [0.15, 0.2) is 5.82 Å². The molecule has 166 valence electrons. The van der Waals surface area contributed by atoms with Gasteiger partial charge in [-0.25, -0.2) is 15.0 Å². The van der Waals surface area contributed by atoms with E-state index in [1.54, 1.807) is 0 Å². The number of hydrogen-bond donors (Lipinski definition) is 0. The zero-order chi connectivity index (χ0) is 23.1. The molecule has 0 bridgehead atoms. The van der Waals surface area contributed by atoms with Crippen molar-refractivity contribution in [2.24, 2.45) is 14.1 Å². The van der Waals surface area contributed by atoms with Crippen LogP contribution in [-0.4, -0.2) is 29.3 Å². The molecule has 0 spiro atoms. The molecule has 2 aromatic carbocycles. The summed E-state index contributed by atoms with van der Waals surface area (Å²) in [4.78, 5) is 14.3. The van der Waals surface area contributed by atoms with E-state index in [0.29, 0.717) is 12.3 Å². The highest BCUT2D eigenvalue weighted by Gasteiger charge is 2.16. The van der Waals surface area contributed by atoms with Crippen molar-refractivity contribution in [3.63, 3.8) is 0 Å². The first kappa shape index (κ1) is 21.1. The average Bonchev–Trinajstić information content (AvgIpc) is 3.31. The Morgan fingerprint density at radius 2 is 1.70 bits per heavy atom. The van der Waals surface area contributed by atoms with Crippen LogP contribution in [0.25, 0.3) is 33.8 Å². The molecule has 33 heavy (non-hydrogen) atoms. The molecule has 0 radical (unpaired) electrons. The molecule has 0 amide bonds. The summed E-state index contributed by atoms with van der Waals surface area (Å²) in [5.74, 6) is 2.12. The highest BCUT2D eigenvalue weighted by Crippen LogP contribution is 2.29. The minimum absolute atomic E-state index is 0.398. The zero-order valence-corrected chi connectivity index (χ0v) is 19.7. The smallest absolute Gasteiger partial charge is 0.160 e. The Morgan fingerprint density at radius 3 is 2.39 bits per heavy atom. The second kappa shape index (κ2) is 8.28. The van der Waals surface area contributed by atoms with Crippen LogP contribution in [0, 0.1) is 6.92 Å². The van der Waals surface area contributed by atoms with Crippen LogP contribution < -0.4 is 0 Å². The van der Waals surface area contributed by atoms with E-state index in [0.717, 1.165) is 45.2 Å². The molecular formula is C27H28N6. The van der Waals surface area contributed by atoms with E-state index in [-0.39, 0.29) is 0 Å². The Bertz CT molecular complexity index is 1440. The van der Waals surface area contributed by atoms with Crippen molar-refractivity contribution in [2.75, 3.05) is 0 Å². The summed E-state index contributed by atoms with van der Waals surface area (Å²) in [7, 11) is 3.97. The quantitative estimate of drug-likeness (QED) is 0.367. The number of aromatic nitrogens is 6. The molecule has 0 fully saturated rings. The van der Waals surface area contributed by atoms with Crippen molar-refractivity contribution < 1.29 is 0 Å². The molecular weight excluding hydrogens is 408 g/mol. The molecule has 0 aliphatic heterocycles. The van der Waals surface area contributed by atoms with Crippen LogP contribution >= 0.6 is 0 Å². The van der Waals surface area contributed by atoms with Gasteiger partial charge in [-0.05, 0) is 24.0 Å². The van der Waals surface area contributed by atoms with Crippen molar-refractivity contribution >= 4 is 11.0 Å². The summed E-state index contributed by atoms with van der Waals surface area (Å²) in [5.41, 5.74) is 8.45. The van der Waals surface area contributed by atoms with E-state index in [1.807, 2.05) is 44.2 Å². The Labute approximate surface area is 194 Å². The van der Waals surface area contributed by atoms with Crippen LogP contribution in [0.2, 0.25) is 0 Å². The second-order valence-electron chi connectivity index (χ2n) is 8.93. The first-order chi connectivity index (χ1) is 15.9. The fraction of sp³-hybridized carbons (Fsp3) is 0.259. The molecule has 5 rings (SSSR count). The third kappa shape index (κ3) is 3.93. The third-order valence-electron chi connectivity index (χ3n) is 6.07. The zero-order valence-electron chi connectivity index (χ0n) is 19.7. The van der Waals surface area contributed by atoms with E-state index >= 15 is 0 Å². The first-order valence-electron chi connectivity index (χ1n) is 11.3. The maximum atomic E-state index is 4.98. The van der Waals surface area contributed by atoms with E-state index in [2.05, 4.69) is 70.8 Å². The SMILES string of the molecule is Cc1cn(C)c(-c2ccc(Cc3nn(C)c4cnc(-c5ccccc5C(C)C)nc34)cc2)n1. The summed E-state index contributed by atoms with van der Waals surface area (Å²) in [5, 5.41) is 4.77. The number of benzene rings is 2. The lowest BCUT2D eigenvalue weighted by Gasteiger charge is -2.11. The van der Waals surface area contributed by atoms with Crippen molar-refractivity contribution in [1.82, 2.24) is 29.3 Å². The molecule has 0 atom stereocenters. The van der Waals surface area contributed by atoms with Crippen LogP contribution in [0.3, 0.4) is 0 Å². The summed E-state index contributed by atoms with van der Waals surface area (Å²) < 4.78 is 3.93. The molecule has 0 unspecified atom stereocenters. The first-order valence-corrected chi connectivity index (χ1v) is 11.3. The van der Waals surface area contributed by atoms with Crippen LogP contribution in [0.5, 0.6) is 0 Å². The van der Waals surface area contributed by atoms with Gasteiger partial charge in [-0.15, -0.1) is 0 Å². The molecule has 6 nitrogen and oxygen atoms in total. The van der Waals surface area contributed by atoms with Gasteiger partial charge < -0.3 is 4.57 Å². The highest BCUT2D eigenvalue weighted by atomic mass is 15.3. The van der Waals surface area contributed by atoms with Crippen LogP contribution in [-0.2, 0) is 20.5 Å². The van der Waals surface area contributed by atoms with Gasteiger partial charge in [-0.2, -0.15) is 5.10 Å². The number of fused-ring (bicyclic) bond motifs is 1. The van der Waals surface area contributed by atoms with Gasteiger partial charge in [-0.3, -0.25) is 4.68 Å². The van der Waals surface area contributed by atoms with Crippen molar-refractivity contribution in [3.05, 3.63) is 83.4 Å². The Kier molecular flexibility index (Phi) is 5.29. The highest BCUT2D eigenvalue weighted by molar-refractivity contribution is 5.79. The van der Waals surface area contributed by atoms with Crippen molar-refractivity contribution in [1.29, 1.82) is 0 Å². The minimum Gasteiger partial charge on any atom is -0.334 e. The fourth-order valence-corrected chi connectivity index (χ4v) is 4.41. The molecule has 5 aromatic rings. The van der Waals surface area contributed by atoms with Crippen LogP contribution in [0.4, 0.5) is 0 Å². The maximum Gasteiger partial charge on any atom is 0.160 e. The second-order valence-corrected chi connectivity index (χ2v) is 8.93. The predicted octanol–water partition coefficient (Wildman–Crippen LogP) is 5.45. The van der Waals surface area contributed by atoms with Crippen molar-refractivity contribution in [2.45, 2.75) is 33.1 Å². The van der Waals surface area contributed by atoms with Crippen LogP contribution in [0.15, 0.2) is 60.9 Å². The van der Waals surface area contributed by atoms with Gasteiger partial charge in [0.2, 0.25) is 0 Å². The molecule has 3 heterocycles. The molecule has 0 aliphatic carbocycles. The number of nitrogens with zero attached hydrogens (tertiary/aromatic N) is 6. The standard InChI is InChI=1S/C27H28N6/c1-17(2)21-8-6-7-9-22(21)26-28-15-24-25(30-26)23(31-33(24)5)14-19-10-12-20(13-11-19)27-29-18(3)16-32(27)4/h6-13,15-17H,14H2,1-5H3. The summed E-state index contributed by atoms with van der Waals surface area (Å²) >= 11 is 0. The molecule has 6 heteroatoms. The topological polar surface area (TPSA) is 61.4 Å². The van der Waals surface area contributed by atoms with E-state index in [4.69, 9.17) is 10.1 Å². The Hall–Kier alpha value is -3.80. The fourth-order valence-electron chi connectivity index (χ4n) is 4.41. The van der Waals surface area contributed by atoms with Gasteiger partial charge >= 0.3 is 0 Å². The molecule has 0 N–H and O–H groups in total.